The summed E-state index contributed by atoms with van der Waals surface area (Å²) >= 11 is 1.28. The number of carboxylic acid groups (broad SMARTS) is 1. The van der Waals surface area contributed by atoms with E-state index in [0.29, 0.717) is 4.88 Å². The normalized spacial score (nSPS) is 20.9. The van der Waals surface area contributed by atoms with Crippen LogP contribution in [0, 0.1) is 0 Å². The molecular formula is C8H9NO2S. The van der Waals surface area contributed by atoms with Crippen LogP contribution in [0.1, 0.15) is 33.3 Å². The van der Waals surface area contributed by atoms with Crippen molar-refractivity contribution in [2.24, 2.45) is 5.73 Å². The molecule has 0 radical (unpaired) electrons. The summed E-state index contributed by atoms with van der Waals surface area (Å²) in [5.74, 6) is -0.824. The van der Waals surface area contributed by atoms with Crippen molar-refractivity contribution < 1.29 is 9.90 Å². The van der Waals surface area contributed by atoms with Crippen LogP contribution in [0.15, 0.2) is 5.38 Å². The molecule has 0 amide bonds. The van der Waals surface area contributed by atoms with Crippen LogP contribution in [0.25, 0.3) is 0 Å². The van der Waals surface area contributed by atoms with Crippen molar-refractivity contribution in [3.8, 4) is 0 Å². The summed E-state index contributed by atoms with van der Waals surface area (Å²) < 4.78 is 0. The Bertz CT molecular complexity index is 332. The number of hydrogen-bond acceptors (Lipinski definition) is 3. The van der Waals surface area contributed by atoms with Crippen LogP contribution < -0.4 is 5.73 Å². The van der Waals surface area contributed by atoms with Gasteiger partial charge >= 0.3 is 5.97 Å². The van der Waals surface area contributed by atoms with E-state index in [0.717, 1.165) is 24.0 Å². The highest BCUT2D eigenvalue weighted by atomic mass is 32.1. The first-order chi connectivity index (χ1) is 5.70. The first kappa shape index (κ1) is 7.76. The molecule has 1 aliphatic carbocycles. The van der Waals surface area contributed by atoms with Gasteiger partial charge in [-0.25, -0.2) is 4.79 Å². The highest BCUT2D eigenvalue weighted by molar-refractivity contribution is 7.12. The van der Waals surface area contributed by atoms with E-state index in [1.165, 1.54) is 11.3 Å². The van der Waals surface area contributed by atoms with Crippen molar-refractivity contribution in [3.63, 3.8) is 0 Å². The Kier molecular flexibility index (Phi) is 1.66. The highest BCUT2D eigenvalue weighted by Crippen LogP contribution is 2.35. The Morgan fingerprint density at radius 1 is 1.75 bits per heavy atom. The second-order valence-electron chi connectivity index (χ2n) is 2.95. The van der Waals surface area contributed by atoms with E-state index in [-0.39, 0.29) is 6.04 Å². The van der Waals surface area contributed by atoms with Crippen LogP contribution >= 0.6 is 11.3 Å². The Labute approximate surface area is 73.8 Å². The fourth-order valence-corrected chi connectivity index (χ4v) is 2.62. The topological polar surface area (TPSA) is 63.3 Å². The molecule has 2 rings (SSSR count). The van der Waals surface area contributed by atoms with Crippen LogP contribution in [0.5, 0.6) is 0 Å². The lowest BCUT2D eigenvalue weighted by Crippen LogP contribution is -2.03. The summed E-state index contributed by atoms with van der Waals surface area (Å²) in [5, 5.41) is 10.7. The van der Waals surface area contributed by atoms with Crippen molar-refractivity contribution in [3.05, 3.63) is 21.4 Å². The number of carboxylic acids is 1. The van der Waals surface area contributed by atoms with Gasteiger partial charge in [-0.05, 0) is 29.3 Å². The van der Waals surface area contributed by atoms with Gasteiger partial charge in [0.25, 0.3) is 0 Å². The van der Waals surface area contributed by atoms with Gasteiger partial charge < -0.3 is 10.8 Å². The predicted molar refractivity (Wildman–Crippen MR) is 46.5 cm³/mol. The first-order valence-electron chi connectivity index (χ1n) is 3.79. The van der Waals surface area contributed by atoms with Crippen molar-refractivity contribution in [1.29, 1.82) is 0 Å². The molecule has 0 aromatic carbocycles. The van der Waals surface area contributed by atoms with Crippen LogP contribution in [-0.2, 0) is 6.42 Å². The van der Waals surface area contributed by atoms with Gasteiger partial charge in [0.1, 0.15) is 4.88 Å². The molecule has 0 aliphatic heterocycles. The third kappa shape index (κ3) is 0.956. The van der Waals surface area contributed by atoms with Gasteiger partial charge in [-0.3, -0.25) is 0 Å². The van der Waals surface area contributed by atoms with E-state index >= 15 is 0 Å². The number of nitrogens with two attached hydrogens (primary N) is 1. The first-order valence-corrected chi connectivity index (χ1v) is 4.67. The van der Waals surface area contributed by atoms with E-state index in [4.69, 9.17) is 10.8 Å². The summed E-state index contributed by atoms with van der Waals surface area (Å²) in [7, 11) is 0. The fraction of sp³-hybridized carbons (Fsp3) is 0.375. The van der Waals surface area contributed by atoms with E-state index in [1.54, 1.807) is 0 Å². The molecule has 0 saturated heterocycles. The minimum Gasteiger partial charge on any atom is -0.477 e. The number of hydrogen-bond donors (Lipinski definition) is 2. The van der Waals surface area contributed by atoms with Gasteiger partial charge in [0, 0.05) is 6.04 Å². The Balaban J connectivity index is 2.49. The van der Waals surface area contributed by atoms with Gasteiger partial charge in [0.15, 0.2) is 0 Å². The summed E-state index contributed by atoms with van der Waals surface area (Å²) in [6.45, 7) is 0. The molecule has 4 heteroatoms. The van der Waals surface area contributed by atoms with E-state index in [9.17, 15) is 4.79 Å². The Morgan fingerprint density at radius 3 is 3.17 bits per heavy atom. The van der Waals surface area contributed by atoms with Gasteiger partial charge in [-0.1, -0.05) is 0 Å². The lowest BCUT2D eigenvalue weighted by Gasteiger charge is -1.97. The number of aromatic carboxylic acids is 1. The van der Waals surface area contributed by atoms with E-state index in [2.05, 4.69) is 0 Å². The largest absolute Gasteiger partial charge is 0.477 e. The minimum atomic E-state index is -0.824. The minimum absolute atomic E-state index is 0.0596. The van der Waals surface area contributed by atoms with Gasteiger partial charge in [-0.2, -0.15) is 0 Å². The third-order valence-electron chi connectivity index (χ3n) is 2.23. The molecule has 1 unspecified atom stereocenters. The number of rotatable bonds is 1. The maximum absolute atomic E-state index is 10.7. The molecule has 3 N–H and O–H groups in total. The summed E-state index contributed by atoms with van der Waals surface area (Å²) in [5.41, 5.74) is 7.77. The third-order valence-corrected chi connectivity index (χ3v) is 3.25. The lowest BCUT2D eigenvalue weighted by atomic mass is 10.2. The molecule has 1 aliphatic rings. The molecule has 0 spiro atoms. The maximum atomic E-state index is 10.7. The zero-order valence-electron chi connectivity index (χ0n) is 6.41. The quantitative estimate of drug-likeness (QED) is 0.691. The maximum Gasteiger partial charge on any atom is 0.346 e. The molecule has 1 aromatic heterocycles. The fourth-order valence-electron chi connectivity index (χ4n) is 1.60. The SMILES string of the molecule is NC1CCc2c1csc2C(=O)O. The molecular weight excluding hydrogens is 174 g/mol. The summed E-state index contributed by atoms with van der Waals surface area (Å²) in [6, 6.07) is 0.0596. The van der Waals surface area contributed by atoms with Crippen molar-refractivity contribution in [1.82, 2.24) is 0 Å². The second kappa shape index (κ2) is 2.57. The van der Waals surface area contributed by atoms with Gasteiger partial charge in [0.2, 0.25) is 0 Å². The summed E-state index contributed by atoms with van der Waals surface area (Å²) in [4.78, 5) is 11.2. The molecule has 1 atom stereocenters. The monoisotopic (exact) mass is 183 g/mol. The van der Waals surface area contributed by atoms with E-state index < -0.39 is 5.97 Å². The zero-order valence-corrected chi connectivity index (χ0v) is 7.23. The molecule has 3 nitrogen and oxygen atoms in total. The van der Waals surface area contributed by atoms with Crippen LogP contribution in [0.4, 0.5) is 0 Å². The number of thiophene rings is 1. The number of carbonyl (C=O) groups is 1. The second-order valence-corrected chi connectivity index (χ2v) is 3.83. The van der Waals surface area contributed by atoms with Gasteiger partial charge in [0.05, 0.1) is 0 Å². The molecule has 64 valence electrons. The van der Waals surface area contributed by atoms with Gasteiger partial charge in [-0.15, -0.1) is 11.3 Å². The summed E-state index contributed by atoms with van der Waals surface area (Å²) in [6.07, 6.45) is 1.71. The van der Waals surface area contributed by atoms with Crippen molar-refractivity contribution in [2.75, 3.05) is 0 Å². The average molecular weight is 183 g/mol. The average Bonchev–Trinajstić information content (AvgIpc) is 2.53. The molecule has 0 fully saturated rings. The molecule has 1 heterocycles. The molecule has 12 heavy (non-hydrogen) atoms. The standard InChI is InChI=1S/C8H9NO2S/c9-6-2-1-4-5(6)3-12-7(4)8(10)11/h3,6H,1-2,9H2,(H,10,11). The van der Waals surface area contributed by atoms with Crippen molar-refractivity contribution >= 4 is 17.3 Å². The molecule has 0 bridgehead atoms. The van der Waals surface area contributed by atoms with Crippen LogP contribution in [-0.4, -0.2) is 11.1 Å². The predicted octanol–water partition coefficient (Wildman–Crippen LogP) is 1.39. The number of fused-ring (bicyclic) bond motifs is 1. The smallest absolute Gasteiger partial charge is 0.346 e. The van der Waals surface area contributed by atoms with E-state index in [1.807, 2.05) is 5.38 Å². The zero-order chi connectivity index (χ0) is 8.72. The van der Waals surface area contributed by atoms with Crippen LogP contribution in [0.2, 0.25) is 0 Å². The molecule has 1 aromatic rings. The van der Waals surface area contributed by atoms with Crippen LogP contribution in [0.3, 0.4) is 0 Å². The Morgan fingerprint density at radius 2 is 2.50 bits per heavy atom. The lowest BCUT2D eigenvalue weighted by molar-refractivity contribution is 0.0701. The Hall–Kier alpha value is -0.870. The van der Waals surface area contributed by atoms with Crippen molar-refractivity contribution in [2.45, 2.75) is 18.9 Å². The highest BCUT2D eigenvalue weighted by Gasteiger charge is 2.26. The molecule has 0 saturated carbocycles.